The zero-order valence-electron chi connectivity index (χ0n) is 16.9. The molecule has 1 saturated heterocycles. The second-order valence-electron chi connectivity index (χ2n) is 7.92. The number of aromatic nitrogens is 1. The zero-order valence-corrected chi connectivity index (χ0v) is 16.9. The summed E-state index contributed by atoms with van der Waals surface area (Å²) < 4.78 is 44.4. The van der Waals surface area contributed by atoms with Gasteiger partial charge in [-0.2, -0.15) is 13.2 Å². The number of nitrogens with zero attached hydrogens (tertiary/aromatic N) is 2. The van der Waals surface area contributed by atoms with Crippen molar-refractivity contribution in [2.45, 2.75) is 32.0 Å². The molecule has 2 aromatic rings. The van der Waals surface area contributed by atoms with Crippen molar-refractivity contribution < 1.29 is 22.7 Å². The highest BCUT2D eigenvalue weighted by atomic mass is 19.4. The number of rotatable bonds is 4. The number of aromatic amines is 1. The number of benzene rings is 1. The van der Waals surface area contributed by atoms with E-state index in [4.69, 9.17) is 4.74 Å². The van der Waals surface area contributed by atoms with E-state index in [1.807, 2.05) is 0 Å². The molecule has 0 atom stereocenters. The molecule has 0 radical (unpaired) electrons. The van der Waals surface area contributed by atoms with E-state index in [9.17, 15) is 18.0 Å². The van der Waals surface area contributed by atoms with Crippen LogP contribution in [-0.2, 0) is 23.9 Å². The highest BCUT2D eigenvalue weighted by Gasteiger charge is 2.31. The minimum atomic E-state index is -4.34. The monoisotopic (exact) mass is 424 g/mol. The number of halogens is 3. The van der Waals surface area contributed by atoms with E-state index < -0.39 is 11.7 Å². The number of amides is 1. The summed E-state index contributed by atoms with van der Waals surface area (Å²) in [6, 6.07) is 3.93. The van der Waals surface area contributed by atoms with Crippen LogP contribution in [0.2, 0.25) is 0 Å². The number of H-pyrrole nitrogens is 1. The van der Waals surface area contributed by atoms with Gasteiger partial charge in [-0.3, -0.25) is 0 Å². The summed E-state index contributed by atoms with van der Waals surface area (Å²) in [4.78, 5) is 18.9. The van der Waals surface area contributed by atoms with Crippen molar-refractivity contribution in [2.75, 3.05) is 45.9 Å². The number of aryl methyl sites for hydroxylation is 1. The van der Waals surface area contributed by atoms with Crippen molar-refractivity contribution in [3.63, 3.8) is 0 Å². The van der Waals surface area contributed by atoms with Crippen LogP contribution in [0.1, 0.15) is 29.7 Å². The first-order valence-corrected chi connectivity index (χ1v) is 10.5. The Morgan fingerprint density at radius 2 is 2.00 bits per heavy atom. The number of ether oxygens (including phenoxy) is 1. The highest BCUT2D eigenvalue weighted by molar-refractivity contribution is 5.85. The van der Waals surface area contributed by atoms with Gasteiger partial charge in [0, 0.05) is 42.8 Å². The summed E-state index contributed by atoms with van der Waals surface area (Å²) in [5.41, 5.74) is 2.10. The van der Waals surface area contributed by atoms with E-state index in [1.54, 1.807) is 4.90 Å². The van der Waals surface area contributed by atoms with Gasteiger partial charge in [-0.15, -0.1) is 0 Å². The van der Waals surface area contributed by atoms with E-state index in [0.717, 1.165) is 68.3 Å². The predicted octanol–water partition coefficient (Wildman–Crippen LogP) is 3.37. The molecule has 9 heteroatoms. The average Bonchev–Trinajstić information content (AvgIpc) is 3.27. The van der Waals surface area contributed by atoms with Crippen LogP contribution in [0.15, 0.2) is 18.2 Å². The van der Waals surface area contributed by atoms with Crippen molar-refractivity contribution in [3.8, 4) is 0 Å². The fourth-order valence-corrected chi connectivity index (χ4v) is 4.30. The summed E-state index contributed by atoms with van der Waals surface area (Å²) >= 11 is 0. The minimum Gasteiger partial charge on any atom is -0.448 e. The summed E-state index contributed by atoms with van der Waals surface area (Å²) in [6.45, 7) is 5.88. The van der Waals surface area contributed by atoms with E-state index in [0.29, 0.717) is 31.6 Å². The lowest BCUT2D eigenvalue weighted by molar-refractivity contribution is -0.137. The van der Waals surface area contributed by atoms with E-state index in [2.05, 4.69) is 15.2 Å². The van der Waals surface area contributed by atoms with Crippen LogP contribution in [0.25, 0.3) is 10.9 Å². The summed E-state index contributed by atoms with van der Waals surface area (Å²) in [6.07, 6.45) is -2.09. The minimum absolute atomic E-state index is 0.234. The molecule has 164 valence electrons. The maximum atomic E-state index is 13.2. The number of fused-ring (bicyclic) bond motifs is 3. The third kappa shape index (κ3) is 4.73. The first-order chi connectivity index (χ1) is 14.4. The fourth-order valence-electron chi connectivity index (χ4n) is 4.30. The lowest BCUT2D eigenvalue weighted by Gasteiger charge is -2.24. The van der Waals surface area contributed by atoms with Crippen molar-refractivity contribution in [2.24, 2.45) is 0 Å². The van der Waals surface area contributed by atoms with Crippen LogP contribution in [0, 0.1) is 0 Å². The standard InChI is InChI=1S/C21H27F3N4O2/c22-21(23,24)15-4-5-18-17(13-15)16-3-1-7-27(10-6-25-14-19(16)26-18)8-2-9-28-11-12-30-20(28)29/h4-5,13,25-26H,1-3,6-12,14H2. The second-order valence-corrected chi connectivity index (χ2v) is 7.92. The Hall–Kier alpha value is -2.26. The number of alkyl halides is 3. The molecule has 1 aromatic heterocycles. The fraction of sp³-hybridized carbons (Fsp3) is 0.571. The molecule has 0 spiro atoms. The van der Waals surface area contributed by atoms with Gasteiger partial charge in [0.1, 0.15) is 6.61 Å². The summed E-state index contributed by atoms with van der Waals surface area (Å²) in [5.74, 6) is 0. The third-order valence-corrected chi connectivity index (χ3v) is 5.88. The van der Waals surface area contributed by atoms with Gasteiger partial charge in [-0.25, -0.2) is 4.79 Å². The Labute approximate surface area is 173 Å². The molecule has 4 rings (SSSR count). The molecule has 1 aromatic carbocycles. The van der Waals surface area contributed by atoms with Gasteiger partial charge in [-0.05, 0) is 56.1 Å². The van der Waals surface area contributed by atoms with Crippen LogP contribution in [-0.4, -0.2) is 66.8 Å². The van der Waals surface area contributed by atoms with Crippen molar-refractivity contribution in [1.82, 2.24) is 20.1 Å². The van der Waals surface area contributed by atoms with Gasteiger partial charge in [0.25, 0.3) is 0 Å². The zero-order chi connectivity index (χ0) is 21.1. The van der Waals surface area contributed by atoms with Gasteiger partial charge in [-0.1, -0.05) is 0 Å². The van der Waals surface area contributed by atoms with Gasteiger partial charge in [0.15, 0.2) is 0 Å². The Bertz CT molecular complexity index is 896. The Balaban J connectivity index is 1.41. The summed E-state index contributed by atoms with van der Waals surface area (Å²) in [7, 11) is 0. The highest BCUT2D eigenvalue weighted by Crippen LogP contribution is 2.33. The van der Waals surface area contributed by atoms with Crippen LogP contribution in [0.5, 0.6) is 0 Å². The number of carbonyl (C=O) groups excluding carboxylic acids is 1. The first-order valence-electron chi connectivity index (χ1n) is 10.5. The number of nitrogens with one attached hydrogen (secondary N) is 2. The molecule has 1 amide bonds. The van der Waals surface area contributed by atoms with Crippen LogP contribution in [0.4, 0.5) is 18.0 Å². The maximum Gasteiger partial charge on any atom is 0.416 e. The van der Waals surface area contributed by atoms with E-state index in [-0.39, 0.29) is 6.09 Å². The van der Waals surface area contributed by atoms with Gasteiger partial charge in [0.2, 0.25) is 0 Å². The molecule has 2 N–H and O–H groups in total. The lowest BCUT2D eigenvalue weighted by atomic mass is 10.0. The average molecular weight is 424 g/mol. The molecule has 2 aliphatic rings. The number of cyclic esters (lactones) is 1. The van der Waals surface area contributed by atoms with Gasteiger partial charge < -0.3 is 24.8 Å². The molecule has 0 saturated carbocycles. The van der Waals surface area contributed by atoms with Crippen molar-refractivity contribution in [3.05, 3.63) is 35.0 Å². The van der Waals surface area contributed by atoms with Crippen molar-refractivity contribution >= 4 is 17.0 Å². The number of hydrogen-bond donors (Lipinski definition) is 2. The predicted molar refractivity (Wildman–Crippen MR) is 107 cm³/mol. The molecule has 30 heavy (non-hydrogen) atoms. The molecule has 6 nitrogen and oxygen atoms in total. The topological polar surface area (TPSA) is 60.6 Å². The quantitative estimate of drug-likeness (QED) is 0.790. The number of hydrogen-bond acceptors (Lipinski definition) is 4. The second kappa shape index (κ2) is 8.85. The Morgan fingerprint density at radius 3 is 2.77 bits per heavy atom. The van der Waals surface area contributed by atoms with Gasteiger partial charge in [0.05, 0.1) is 12.1 Å². The van der Waals surface area contributed by atoms with Crippen LogP contribution in [0.3, 0.4) is 0 Å². The molecule has 3 heterocycles. The van der Waals surface area contributed by atoms with Crippen molar-refractivity contribution in [1.29, 1.82) is 0 Å². The molecule has 2 aliphatic heterocycles. The Kier molecular flexibility index (Phi) is 6.19. The molecular weight excluding hydrogens is 397 g/mol. The lowest BCUT2D eigenvalue weighted by Crippen LogP contribution is -2.36. The van der Waals surface area contributed by atoms with E-state index >= 15 is 0 Å². The van der Waals surface area contributed by atoms with E-state index in [1.165, 1.54) is 12.1 Å². The van der Waals surface area contributed by atoms with Crippen LogP contribution >= 0.6 is 0 Å². The molecule has 0 bridgehead atoms. The molecular formula is C21H27F3N4O2. The third-order valence-electron chi connectivity index (χ3n) is 5.88. The molecule has 0 unspecified atom stereocenters. The maximum absolute atomic E-state index is 13.2. The number of carbonyl (C=O) groups is 1. The largest absolute Gasteiger partial charge is 0.448 e. The van der Waals surface area contributed by atoms with Crippen LogP contribution < -0.4 is 5.32 Å². The summed E-state index contributed by atoms with van der Waals surface area (Å²) in [5, 5.41) is 4.07. The first kappa shape index (κ1) is 21.0. The smallest absolute Gasteiger partial charge is 0.416 e. The normalized spacial score (nSPS) is 19.2. The molecule has 0 aliphatic carbocycles. The van der Waals surface area contributed by atoms with Gasteiger partial charge >= 0.3 is 12.3 Å². The molecule has 1 fully saturated rings. The Morgan fingerprint density at radius 1 is 1.13 bits per heavy atom. The SMILES string of the molecule is O=C1OCCN1CCCN1CCCc2c([nH]c3ccc(C(F)(F)F)cc23)CNCC1.